The van der Waals surface area contributed by atoms with Crippen LogP contribution in [0, 0.1) is 17.6 Å². The van der Waals surface area contributed by atoms with Gasteiger partial charge in [-0.1, -0.05) is 41.1 Å². The molecular formula is C17H14N4S. The van der Waals surface area contributed by atoms with Gasteiger partial charge in [-0.15, -0.1) is 5.10 Å². The van der Waals surface area contributed by atoms with Crippen molar-refractivity contribution in [1.29, 1.82) is 5.26 Å². The molecule has 0 bridgehead atoms. The van der Waals surface area contributed by atoms with Crippen LogP contribution in [0.1, 0.15) is 11.1 Å². The second-order valence-corrected chi connectivity index (χ2v) is 5.84. The second kappa shape index (κ2) is 6.46. The number of hydrogen-bond donors (Lipinski definition) is 0. The van der Waals surface area contributed by atoms with Gasteiger partial charge in [-0.2, -0.15) is 5.26 Å². The summed E-state index contributed by atoms with van der Waals surface area (Å²) in [6, 6.07) is 16.2. The number of nitrogens with zero attached hydrogens (tertiary/aromatic N) is 4. The zero-order valence-electron chi connectivity index (χ0n) is 12.1. The van der Waals surface area contributed by atoms with Crippen molar-refractivity contribution in [3.8, 4) is 16.7 Å². The summed E-state index contributed by atoms with van der Waals surface area (Å²) in [5.41, 5.74) is 4.45. The topological polar surface area (TPSA) is 54.5 Å². The van der Waals surface area contributed by atoms with Crippen molar-refractivity contribution in [2.24, 2.45) is 0 Å². The number of thiocyanates is 1. The fourth-order valence-electron chi connectivity index (χ4n) is 2.29. The summed E-state index contributed by atoms with van der Waals surface area (Å²) in [4.78, 5) is 0.948. The number of benzene rings is 2. The second-order valence-electron chi connectivity index (χ2n) is 4.98. The first-order chi connectivity index (χ1) is 10.8. The van der Waals surface area contributed by atoms with E-state index in [0.717, 1.165) is 33.5 Å². The summed E-state index contributed by atoms with van der Waals surface area (Å²) >= 11 is 1.16. The quantitative estimate of drug-likeness (QED) is 0.542. The number of aromatic nitrogens is 3. The Hall–Kier alpha value is -2.58. The molecule has 0 aliphatic rings. The third kappa shape index (κ3) is 3.18. The van der Waals surface area contributed by atoms with Crippen molar-refractivity contribution < 1.29 is 0 Å². The van der Waals surface area contributed by atoms with Crippen LogP contribution >= 0.6 is 11.8 Å². The maximum absolute atomic E-state index is 8.67. The third-order valence-corrected chi connectivity index (χ3v) is 3.95. The molecule has 2 aromatic carbocycles. The zero-order valence-corrected chi connectivity index (χ0v) is 12.9. The van der Waals surface area contributed by atoms with Gasteiger partial charge in [-0.05, 0) is 42.4 Å². The first-order valence-corrected chi connectivity index (χ1v) is 7.68. The average molecular weight is 306 g/mol. The lowest BCUT2D eigenvalue weighted by molar-refractivity contribution is 0.655. The predicted octanol–water partition coefficient (Wildman–Crippen LogP) is 3.88. The van der Waals surface area contributed by atoms with E-state index in [2.05, 4.69) is 40.8 Å². The summed E-state index contributed by atoms with van der Waals surface area (Å²) in [5, 5.41) is 19.0. The van der Waals surface area contributed by atoms with Gasteiger partial charge < -0.3 is 0 Å². The van der Waals surface area contributed by atoms with Gasteiger partial charge in [0.2, 0.25) is 0 Å². The lowest BCUT2D eigenvalue weighted by Gasteiger charge is -2.07. The Labute approximate surface area is 133 Å². The van der Waals surface area contributed by atoms with Crippen LogP contribution in [0.25, 0.3) is 11.3 Å². The zero-order chi connectivity index (χ0) is 15.4. The average Bonchev–Trinajstić information content (AvgIpc) is 2.98. The van der Waals surface area contributed by atoms with Crippen LogP contribution in [0.5, 0.6) is 0 Å². The van der Waals surface area contributed by atoms with E-state index in [1.165, 1.54) is 5.56 Å². The lowest BCUT2D eigenvalue weighted by atomic mass is 10.1. The van der Waals surface area contributed by atoms with Gasteiger partial charge in [0, 0.05) is 10.5 Å². The number of rotatable bonds is 4. The fourth-order valence-corrected chi connectivity index (χ4v) is 2.67. The van der Waals surface area contributed by atoms with Crippen molar-refractivity contribution in [1.82, 2.24) is 15.0 Å². The van der Waals surface area contributed by atoms with Gasteiger partial charge in [0.05, 0.1) is 18.4 Å². The van der Waals surface area contributed by atoms with E-state index in [9.17, 15) is 0 Å². The SMILES string of the molecule is Cc1cccc(-c2cnnn2Cc2ccc(SC#N)cc2)c1. The molecule has 3 aromatic rings. The van der Waals surface area contributed by atoms with E-state index in [1.807, 2.05) is 35.0 Å². The third-order valence-electron chi connectivity index (χ3n) is 3.35. The minimum Gasteiger partial charge on any atom is -0.240 e. The van der Waals surface area contributed by atoms with Crippen LogP contribution in [0.15, 0.2) is 59.6 Å². The summed E-state index contributed by atoms with van der Waals surface area (Å²) in [5.74, 6) is 0. The fraction of sp³-hybridized carbons (Fsp3) is 0.118. The van der Waals surface area contributed by atoms with Crippen LogP contribution in [-0.2, 0) is 6.54 Å². The molecule has 0 amide bonds. The molecule has 1 heterocycles. The predicted molar refractivity (Wildman–Crippen MR) is 87.2 cm³/mol. The molecule has 0 spiro atoms. The molecule has 22 heavy (non-hydrogen) atoms. The van der Waals surface area contributed by atoms with Crippen LogP contribution in [0.2, 0.25) is 0 Å². The minimum atomic E-state index is 0.654. The van der Waals surface area contributed by atoms with Crippen LogP contribution < -0.4 is 0 Å². The highest BCUT2D eigenvalue weighted by Crippen LogP contribution is 2.21. The van der Waals surface area contributed by atoms with E-state index in [0.29, 0.717) is 6.54 Å². The van der Waals surface area contributed by atoms with Gasteiger partial charge in [-0.3, -0.25) is 0 Å². The summed E-state index contributed by atoms with van der Waals surface area (Å²) in [6.45, 7) is 2.73. The van der Waals surface area contributed by atoms with Crippen molar-refractivity contribution >= 4 is 11.8 Å². The monoisotopic (exact) mass is 306 g/mol. The number of thioether (sulfide) groups is 1. The normalized spacial score (nSPS) is 10.4. The number of nitriles is 1. The highest BCUT2D eigenvalue weighted by Gasteiger charge is 2.07. The molecule has 0 unspecified atom stereocenters. The molecular weight excluding hydrogens is 292 g/mol. The molecule has 0 saturated carbocycles. The molecule has 0 aliphatic carbocycles. The molecule has 0 saturated heterocycles. The molecule has 1 aromatic heterocycles. The first-order valence-electron chi connectivity index (χ1n) is 6.86. The maximum Gasteiger partial charge on any atom is 0.138 e. The Bertz CT molecular complexity index is 815. The van der Waals surface area contributed by atoms with Crippen LogP contribution in [-0.4, -0.2) is 15.0 Å². The minimum absolute atomic E-state index is 0.654. The molecule has 0 atom stereocenters. The Morgan fingerprint density at radius 3 is 2.73 bits per heavy atom. The summed E-state index contributed by atoms with van der Waals surface area (Å²) < 4.78 is 1.89. The molecule has 4 nitrogen and oxygen atoms in total. The molecule has 0 aliphatic heterocycles. The molecule has 0 radical (unpaired) electrons. The molecule has 108 valence electrons. The van der Waals surface area contributed by atoms with Gasteiger partial charge in [0.15, 0.2) is 0 Å². The largest absolute Gasteiger partial charge is 0.240 e. The maximum atomic E-state index is 8.67. The Kier molecular flexibility index (Phi) is 4.22. The van der Waals surface area contributed by atoms with E-state index in [-0.39, 0.29) is 0 Å². The van der Waals surface area contributed by atoms with Crippen LogP contribution in [0.4, 0.5) is 0 Å². The van der Waals surface area contributed by atoms with Gasteiger partial charge in [0.25, 0.3) is 0 Å². The summed E-state index contributed by atoms with van der Waals surface area (Å²) in [7, 11) is 0. The Morgan fingerprint density at radius 2 is 2.00 bits per heavy atom. The van der Waals surface area contributed by atoms with E-state index in [4.69, 9.17) is 5.26 Å². The van der Waals surface area contributed by atoms with E-state index < -0.39 is 0 Å². The van der Waals surface area contributed by atoms with Gasteiger partial charge >= 0.3 is 0 Å². The summed E-state index contributed by atoms with van der Waals surface area (Å²) in [6.07, 6.45) is 1.79. The van der Waals surface area contributed by atoms with Crippen molar-refractivity contribution in [3.05, 3.63) is 65.9 Å². The van der Waals surface area contributed by atoms with Crippen molar-refractivity contribution in [2.45, 2.75) is 18.4 Å². The lowest BCUT2D eigenvalue weighted by Crippen LogP contribution is -2.04. The van der Waals surface area contributed by atoms with Gasteiger partial charge in [0.1, 0.15) is 5.40 Å². The van der Waals surface area contributed by atoms with E-state index in [1.54, 1.807) is 6.20 Å². The molecule has 3 rings (SSSR count). The van der Waals surface area contributed by atoms with Crippen LogP contribution in [0.3, 0.4) is 0 Å². The number of aryl methyl sites for hydroxylation is 1. The molecule has 0 N–H and O–H groups in total. The Morgan fingerprint density at radius 1 is 1.18 bits per heavy atom. The molecule has 5 heteroatoms. The standard InChI is InChI=1S/C17H14N4S/c1-13-3-2-4-15(9-13)17-10-19-20-21(17)11-14-5-7-16(8-6-14)22-12-18/h2-10H,11H2,1H3. The van der Waals surface area contributed by atoms with E-state index >= 15 is 0 Å². The van der Waals surface area contributed by atoms with Gasteiger partial charge in [-0.25, -0.2) is 4.68 Å². The smallest absolute Gasteiger partial charge is 0.138 e. The van der Waals surface area contributed by atoms with Crippen molar-refractivity contribution in [2.75, 3.05) is 0 Å². The number of hydrogen-bond acceptors (Lipinski definition) is 4. The first kappa shape index (κ1) is 14.4. The highest BCUT2D eigenvalue weighted by atomic mass is 32.2. The Balaban J connectivity index is 1.85. The van der Waals surface area contributed by atoms with Crippen molar-refractivity contribution in [3.63, 3.8) is 0 Å². The highest BCUT2D eigenvalue weighted by molar-refractivity contribution is 8.03. The molecule has 0 fully saturated rings.